The second kappa shape index (κ2) is 13.9. The van der Waals surface area contributed by atoms with Crippen molar-refractivity contribution in [2.24, 2.45) is 23.7 Å². The number of carbonyl (C=O) groups is 1. The Morgan fingerprint density at radius 2 is 1.36 bits per heavy atom. The molecule has 2 fully saturated rings. The highest BCUT2D eigenvalue weighted by atomic mass is 19.3. The van der Waals surface area contributed by atoms with Gasteiger partial charge in [-0.3, -0.25) is 4.79 Å². The van der Waals surface area contributed by atoms with Gasteiger partial charge in [0.1, 0.15) is 11.5 Å². The van der Waals surface area contributed by atoms with Crippen molar-refractivity contribution < 1.29 is 23.0 Å². The van der Waals surface area contributed by atoms with Crippen LogP contribution in [0, 0.1) is 23.7 Å². The van der Waals surface area contributed by atoms with E-state index in [2.05, 4.69) is 11.7 Å². The third-order valence-electron chi connectivity index (χ3n) is 7.90. The van der Waals surface area contributed by atoms with Gasteiger partial charge in [0.2, 0.25) is 0 Å². The first-order chi connectivity index (χ1) is 16.0. The summed E-state index contributed by atoms with van der Waals surface area (Å²) in [5.74, 6) is 2.73. The molecule has 0 aliphatic heterocycles. The number of ether oxygens (including phenoxy) is 2. The van der Waals surface area contributed by atoms with E-state index in [1.54, 1.807) is 0 Å². The fourth-order valence-electron chi connectivity index (χ4n) is 5.88. The first kappa shape index (κ1) is 26.0. The smallest absolute Gasteiger partial charge is 0.387 e. The summed E-state index contributed by atoms with van der Waals surface area (Å²) in [7, 11) is 0. The van der Waals surface area contributed by atoms with E-state index in [9.17, 15) is 13.6 Å². The lowest BCUT2D eigenvalue weighted by Gasteiger charge is -2.37. The van der Waals surface area contributed by atoms with Crippen LogP contribution in [-0.2, 0) is 4.79 Å². The van der Waals surface area contributed by atoms with Crippen LogP contribution >= 0.6 is 0 Å². The van der Waals surface area contributed by atoms with Crippen molar-refractivity contribution in [3.63, 3.8) is 0 Å². The van der Waals surface area contributed by atoms with Gasteiger partial charge in [-0.25, -0.2) is 0 Å². The van der Waals surface area contributed by atoms with Gasteiger partial charge in [0, 0.05) is 0 Å². The van der Waals surface area contributed by atoms with Crippen LogP contribution in [0.4, 0.5) is 8.78 Å². The maximum atomic E-state index is 12.6. The molecule has 0 radical (unpaired) electrons. The van der Waals surface area contributed by atoms with Crippen LogP contribution in [0.3, 0.4) is 0 Å². The minimum absolute atomic E-state index is 0.0534. The van der Waals surface area contributed by atoms with Crippen LogP contribution in [0.1, 0.15) is 103 Å². The van der Waals surface area contributed by atoms with Crippen LogP contribution in [-0.4, -0.2) is 12.6 Å². The zero-order valence-corrected chi connectivity index (χ0v) is 20.3. The highest BCUT2D eigenvalue weighted by molar-refractivity contribution is 5.75. The Bertz CT molecular complexity index is 675. The predicted molar refractivity (Wildman–Crippen MR) is 128 cm³/mol. The van der Waals surface area contributed by atoms with Crippen molar-refractivity contribution in [1.29, 1.82) is 0 Å². The summed E-state index contributed by atoms with van der Waals surface area (Å²) in [6.45, 7) is -0.585. The lowest BCUT2D eigenvalue weighted by atomic mass is 9.68. The second-order valence-corrected chi connectivity index (χ2v) is 10.2. The Hall–Kier alpha value is -1.65. The van der Waals surface area contributed by atoms with Crippen molar-refractivity contribution in [2.75, 3.05) is 0 Å². The highest BCUT2D eigenvalue weighted by Gasteiger charge is 2.33. The normalized spacial score (nSPS) is 25.7. The van der Waals surface area contributed by atoms with E-state index in [1.807, 2.05) is 0 Å². The summed E-state index contributed by atoms with van der Waals surface area (Å²) >= 11 is 0. The van der Waals surface area contributed by atoms with E-state index in [1.165, 1.54) is 94.9 Å². The van der Waals surface area contributed by atoms with Gasteiger partial charge in [-0.05, 0) is 80.5 Å². The minimum atomic E-state index is -2.86. The summed E-state index contributed by atoms with van der Waals surface area (Å²) in [6, 6.07) is 5.80. The van der Waals surface area contributed by atoms with Gasteiger partial charge in [0.25, 0.3) is 0 Å². The Labute approximate surface area is 198 Å². The highest BCUT2D eigenvalue weighted by Crippen LogP contribution is 2.42. The number of halogens is 2. The Kier molecular flexibility index (Phi) is 10.9. The molecule has 0 amide bonds. The number of hydrogen-bond acceptors (Lipinski definition) is 3. The average molecular weight is 465 g/mol. The number of rotatable bonds is 12. The molecular weight excluding hydrogens is 422 g/mol. The quantitative estimate of drug-likeness (QED) is 0.177. The summed E-state index contributed by atoms with van der Waals surface area (Å²) < 4.78 is 34.3. The fraction of sp³-hybridized carbons (Fsp3) is 0.750. The van der Waals surface area contributed by atoms with Crippen molar-refractivity contribution in [3.05, 3.63) is 24.3 Å². The third kappa shape index (κ3) is 8.90. The molecule has 0 saturated heterocycles. The van der Waals surface area contributed by atoms with Crippen molar-refractivity contribution >= 4 is 5.97 Å². The van der Waals surface area contributed by atoms with Crippen LogP contribution in [0.25, 0.3) is 0 Å². The molecule has 0 unspecified atom stereocenters. The number of benzene rings is 1. The van der Waals surface area contributed by atoms with Gasteiger partial charge >= 0.3 is 12.6 Å². The van der Waals surface area contributed by atoms with E-state index in [-0.39, 0.29) is 17.6 Å². The van der Waals surface area contributed by atoms with E-state index in [0.717, 1.165) is 43.4 Å². The fourth-order valence-corrected chi connectivity index (χ4v) is 5.88. The molecule has 2 aliphatic carbocycles. The number of alkyl halides is 2. The van der Waals surface area contributed by atoms with Crippen LogP contribution in [0.15, 0.2) is 24.3 Å². The van der Waals surface area contributed by atoms with Gasteiger partial charge in [-0.15, -0.1) is 0 Å². The summed E-state index contributed by atoms with van der Waals surface area (Å²) in [5, 5.41) is 0. The van der Waals surface area contributed by atoms with E-state index < -0.39 is 6.61 Å². The lowest BCUT2D eigenvalue weighted by Crippen LogP contribution is -2.30. The number of unbranched alkanes of at least 4 members (excludes halogenated alkanes) is 5. The molecule has 1 aromatic rings. The first-order valence-electron chi connectivity index (χ1n) is 13.3. The number of hydrogen-bond donors (Lipinski definition) is 0. The van der Waals surface area contributed by atoms with Gasteiger partial charge < -0.3 is 9.47 Å². The standard InChI is InChI=1S/C28H42F2O3/c1-2-3-4-5-6-7-8-21-9-11-22(12-10-21)23-13-15-24(16-14-23)27(31)32-25-17-19-26(20-18-25)33-28(29)30/h17-24,28H,2-16H2,1H3/t21-,22-,23-,24-. The molecule has 0 heterocycles. The summed E-state index contributed by atoms with van der Waals surface area (Å²) in [6.07, 6.45) is 19.3. The van der Waals surface area contributed by atoms with E-state index in [0.29, 0.717) is 5.75 Å². The maximum absolute atomic E-state index is 12.6. The van der Waals surface area contributed by atoms with Crippen LogP contribution in [0.5, 0.6) is 11.5 Å². The van der Waals surface area contributed by atoms with Crippen molar-refractivity contribution in [2.45, 2.75) is 110 Å². The Morgan fingerprint density at radius 1 is 0.818 bits per heavy atom. The molecule has 3 rings (SSSR count). The molecule has 0 N–H and O–H groups in total. The molecule has 186 valence electrons. The van der Waals surface area contributed by atoms with Crippen molar-refractivity contribution in [1.82, 2.24) is 0 Å². The molecular formula is C28H42F2O3. The molecule has 1 aromatic carbocycles. The Morgan fingerprint density at radius 3 is 1.97 bits per heavy atom. The molecule has 2 aliphatic rings. The molecule has 0 bridgehead atoms. The molecule has 3 nitrogen and oxygen atoms in total. The summed E-state index contributed by atoms with van der Waals surface area (Å²) in [4.78, 5) is 12.6. The SMILES string of the molecule is CCCCCCCC[C@H]1CC[C@H]([C@H]2CC[C@H](C(=O)Oc3ccc(OC(F)F)cc3)CC2)CC1. The Balaban J connectivity index is 1.31. The maximum Gasteiger partial charge on any atom is 0.387 e. The van der Waals surface area contributed by atoms with Gasteiger partial charge in [-0.1, -0.05) is 64.7 Å². The second-order valence-electron chi connectivity index (χ2n) is 10.2. The lowest BCUT2D eigenvalue weighted by molar-refractivity contribution is -0.140. The molecule has 5 heteroatoms. The molecule has 0 spiro atoms. The number of carbonyl (C=O) groups excluding carboxylic acids is 1. The van der Waals surface area contributed by atoms with Crippen LogP contribution < -0.4 is 9.47 Å². The monoisotopic (exact) mass is 464 g/mol. The third-order valence-corrected chi connectivity index (χ3v) is 7.90. The zero-order chi connectivity index (χ0) is 23.5. The van der Waals surface area contributed by atoms with E-state index in [4.69, 9.17) is 4.74 Å². The first-order valence-corrected chi connectivity index (χ1v) is 13.3. The van der Waals surface area contributed by atoms with Crippen molar-refractivity contribution in [3.8, 4) is 11.5 Å². The largest absolute Gasteiger partial charge is 0.435 e. The van der Waals surface area contributed by atoms with Gasteiger partial charge in [0.15, 0.2) is 0 Å². The van der Waals surface area contributed by atoms with Gasteiger partial charge in [-0.2, -0.15) is 8.78 Å². The molecule has 0 atom stereocenters. The minimum Gasteiger partial charge on any atom is -0.435 e. The molecule has 0 aromatic heterocycles. The predicted octanol–water partition coefficient (Wildman–Crippen LogP) is 8.56. The number of esters is 1. The molecule has 33 heavy (non-hydrogen) atoms. The molecule has 2 saturated carbocycles. The summed E-state index contributed by atoms with van der Waals surface area (Å²) in [5.41, 5.74) is 0. The van der Waals surface area contributed by atoms with Crippen LogP contribution in [0.2, 0.25) is 0 Å². The zero-order valence-electron chi connectivity index (χ0n) is 20.3. The van der Waals surface area contributed by atoms with Gasteiger partial charge in [0.05, 0.1) is 5.92 Å². The topological polar surface area (TPSA) is 35.5 Å². The van der Waals surface area contributed by atoms with E-state index >= 15 is 0 Å². The average Bonchev–Trinajstić information content (AvgIpc) is 2.83.